The average molecular weight is 316 g/mol. The van der Waals surface area contributed by atoms with Gasteiger partial charge in [-0.1, -0.05) is 19.3 Å². The minimum absolute atomic E-state index is 0.0425. The molecule has 1 aliphatic carbocycles. The highest BCUT2D eigenvalue weighted by Gasteiger charge is 2.16. The van der Waals surface area contributed by atoms with E-state index in [1.807, 2.05) is 0 Å². The number of halogens is 1. The summed E-state index contributed by atoms with van der Waals surface area (Å²) in [5.74, 6) is -0.630. The van der Waals surface area contributed by atoms with Crippen molar-refractivity contribution >= 4 is 15.7 Å². The second kappa shape index (κ2) is 7.20. The molecule has 2 rings (SSSR count). The first-order valence-corrected chi connectivity index (χ1v) is 8.63. The van der Waals surface area contributed by atoms with Crippen LogP contribution >= 0.6 is 0 Å². The molecule has 0 aromatic heterocycles. The van der Waals surface area contributed by atoms with Gasteiger partial charge in [0.1, 0.15) is 5.82 Å². The van der Waals surface area contributed by atoms with E-state index in [4.69, 9.17) is 10.5 Å². The zero-order valence-electron chi connectivity index (χ0n) is 11.8. The summed E-state index contributed by atoms with van der Waals surface area (Å²) in [6.45, 7) is 0.524. The van der Waals surface area contributed by atoms with Crippen molar-refractivity contribution in [2.24, 2.45) is 0 Å². The topological polar surface area (TPSA) is 81.4 Å². The number of sulfonamides is 1. The van der Waals surface area contributed by atoms with Gasteiger partial charge in [0.25, 0.3) is 0 Å². The van der Waals surface area contributed by atoms with E-state index < -0.39 is 15.8 Å². The Kier molecular flexibility index (Phi) is 5.55. The zero-order chi connectivity index (χ0) is 15.3. The number of anilines is 1. The molecule has 21 heavy (non-hydrogen) atoms. The summed E-state index contributed by atoms with van der Waals surface area (Å²) < 4.78 is 45.1. The quantitative estimate of drug-likeness (QED) is 0.621. The number of ether oxygens (including phenoxy) is 1. The lowest BCUT2D eigenvalue weighted by Gasteiger charge is -2.22. The molecule has 118 valence electrons. The number of nitrogens with two attached hydrogens (primary N) is 1. The van der Waals surface area contributed by atoms with Gasteiger partial charge in [-0.05, 0) is 31.0 Å². The number of hydrogen-bond donors (Lipinski definition) is 2. The molecule has 1 saturated carbocycles. The smallest absolute Gasteiger partial charge is 0.240 e. The van der Waals surface area contributed by atoms with E-state index >= 15 is 0 Å². The molecule has 1 fully saturated rings. The molecule has 5 nitrogen and oxygen atoms in total. The van der Waals surface area contributed by atoms with Gasteiger partial charge in [-0.15, -0.1) is 0 Å². The van der Waals surface area contributed by atoms with E-state index in [0.717, 1.165) is 25.0 Å². The molecule has 0 saturated heterocycles. The average Bonchev–Trinajstić information content (AvgIpc) is 2.47. The van der Waals surface area contributed by atoms with E-state index in [-0.39, 0.29) is 23.2 Å². The van der Waals surface area contributed by atoms with Crippen LogP contribution in [-0.2, 0) is 14.8 Å². The molecule has 0 heterocycles. The summed E-state index contributed by atoms with van der Waals surface area (Å²) >= 11 is 0. The maximum atomic E-state index is 13.0. The lowest BCUT2D eigenvalue weighted by atomic mass is 9.98. The van der Waals surface area contributed by atoms with Crippen LogP contribution in [0.2, 0.25) is 0 Å². The SMILES string of the molecule is Nc1cc(S(=O)(=O)NCCOC2CCCCC2)ccc1F. The van der Waals surface area contributed by atoms with Crippen LogP contribution in [-0.4, -0.2) is 27.7 Å². The normalized spacial score (nSPS) is 17.0. The van der Waals surface area contributed by atoms with Crippen LogP contribution in [0, 0.1) is 5.82 Å². The third-order valence-corrected chi connectivity index (χ3v) is 5.04. The maximum absolute atomic E-state index is 13.0. The molecule has 0 aliphatic heterocycles. The third-order valence-electron chi connectivity index (χ3n) is 3.58. The summed E-state index contributed by atoms with van der Waals surface area (Å²) in [6.07, 6.45) is 5.92. The molecule has 0 atom stereocenters. The van der Waals surface area contributed by atoms with Crippen LogP contribution in [0.4, 0.5) is 10.1 Å². The molecule has 0 unspecified atom stereocenters. The molecule has 0 spiro atoms. The van der Waals surface area contributed by atoms with Crippen LogP contribution in [0.1, 0.15) is 32.1 Å². The highest BCUT2D eigenvalue weighted by atomic mass is 32.2. The second-order valence-corrected chi connectivity index (χ2v) is 6.98. The van der Waals surface area contributed by atoms with Gasteiger partial charge in [0, 0.05) is 6.54 Å². The van der Waals surface area contributed by atoms with Crippen LogP contribution in [0.25, 0.3) is 0 Å². The lowest BCUT2D eigenvalue weighted by molar-refractivity contribution is 0.0321. The Labute approximate surface area is 124 Å². The Balaban J connectivity index is 1.82. The van der Waals surface area contributed by atoms with E-state index in [9.17, 15) is 12.8 Å². The third kappa shape index (κ3) is 4.66. The van der Waals surface area contributed by atoms with E-state index in [1.54, 1.807) is 0 Å². The van der Waals surface area contributed by atoms with Crippen molar-refractivity contribution < 1.29 is 17.5 Å². The second-order valence-electron chi connectivity index (χ2n) is 5.21. The Morgan fingerprint density at radius 3 is 2.67 bits per heavy atom. The van der Waals surface area contributed by atoms with Gasteiger partial charge in [-0.3, -0.25) is 0 Å². The van der Waals surface area contributed by atoms with Gasteiger partial charge in [-0.25, -0.2) is 17.5 Å². The molecule has 0 amide bonds. The first-order chi connectivity index (χ1) is 9.99. The summed E-state index contributed by atoms with van der Waals surface area (Å²) in [6, 6.07) is 3.35. The Bertz CT molecular complexity index is 572. The Hall–Kier alpha value is -1.18. The van der Waals surface area contributed by atoms with Crippen molar-refractivity contribution in [3.63, 3.8) is 0 Å². The number of rotatable bonds is 6. The van der Waals surface area contributed by atoms with Gasteiger partial charge in [-0.2, -0.15) is 0 Å². The highest BCUT2D eigenvalue weighted by Crippen LogP contribution is 2.20. The largest absolute Gasteiger partial charge is 0.396 e. The fourth-order valence-electron chi connectivity index (χ4n) is 2.41. The van der Waals surface area contributed by atoms with E-state index in [0.29, 0.717) is 6.61 Å². The summed E-state index contributed by atoms with van der Waals surface area (Å²) in [5.41, 5.74) is 5.19. The monoisotopic (exact) mass is 316 g/mol. The molecule has 3 N–H and O–H groups in total. The molecule has 0 bridgehead atoms. The zero-order valence-corrected chi connectivity index (χ0v) is 12.7. The van der Waals surface area contributed by atoms with Crippen LogP contribution in [0.15, 0.2) is 23.1 Å². The Morgan fingerprint density at radius 1 is 1.29 bits per heavy atom. The van der Waals surface area contributed by atoms with Gasteiger partial charge >= 0.3 is 0 Å². The van der Waals surface area contributed by atoms with E-state index in [2.05, 4.69) is 4.72 Å². The predicted octanol–water partition coefficient (Wildman–Crippen LogP) is 2.04. The molecule has 1 aromatic carbocycles. The molecule has 0 radical (unpaired) electrons. The van der Waals surface area contributed by atoms with Crippen molar-refractivity contribution in [3.05, 3.63) is 24.0 Å². The minimum atomic E-state index is -3.68. The van der Waals surface area contributed by atoms with Crippen molar-refractivity contribution in [2.45, 2.75) is 43.1 Å². The Morgan fingerprint density at radius 2 is 2.00 bits per heavy atom. The lowest BCUT2D eigenvalue weighted by Crippen LogP contribution is -2.29. The predicted molar refractivity (Wildman–Crippen MR) is 78.8 cm³/mol. The number of nitrogens with one attached hydrogen (secondary N) is 1. The van der Waals surface area contributed by atoms with Crippen molar-refractivity contribution in [1.82, 2.24) is 4.72 Å². The minimum Gasteiger partial charge on any atom is -0.396 e. The first kappa shape index (κ1) is 16.2. The van der Waals surface area contributed by atoms with Gasteiger partial charge in [0.2, 0.25) is 10.0 Å². The first-order valence-electron chi connectivity index (χ1n) is 7.15. The molecular weight excluding hydrogens is 295 g/mol. The van der Waals surface area contributed by atoms with Gasteiger partial charge < -0.3 is 10.5 Å². The number of hydrogen-bond acceptors (Lipinski definition) is 4. The number of benzene rings is 1. The van der Waals surface area contributed by atoms with Gasteiger partial charge in [0.15, 0.2) is 0 Å². The molecule has 1 aliphatic rings. The van der Waals surface area contributed by atoms with E-state index in [1.165, 1.54) is 25.3 Å². The van der Waals surface area contributed by atoms with Crippen molar-refractivity contribution in [1.29, 1.82) is 0 Å². The summed E-state index contributed by atoms with van der Waals surface area (Å²) in [4.78, 5) is -0.0425. The molecular formula is C14H21FN2O3S. The van der Waals surface area contributed by atoms with Crippen molar-refractivity contribution in [2.75, 3.05) is 18.9 Å². The number of nitrogen functional groups attached to an aromatic ring is 1. The van der Waals surface area contributed by atoms with Crippen LogP contribution in [0.5, 0.6) is 0 Å². The molecule has 7 heteroatoms. The fraction of sp³-hybridized carbons (Fsp3) is 0.571. The fourth-order valence-corrected chi connectivity index (χ4v) is 3.45. The van der Waals surface area contributed by atoms with Crippen LogP contribution < -0.4 is 10.5 Å². The standard InChI is InChI=1S/C14H21FN2O3S/c15-13-7-6-12(10-14(13)16)21(18,19)17-8-9-20-11-4-2-1-3-5-11/h6-7,10-11,17H,1-5,8-9,16H2. The maximum Gasteiger partial charge on any atom is 0.240 e. The summed E-state index contributed by atoms with van der Waals surface area (Å²) in [5, 5.41) is 0. The highest BCUT2D eigenvalue weighted by molar-refractivity contribution is 7.89. The summed E-state index contributed by atoms with van der Waals surface area (Å²) in [7, 11) is -3.68. The van der Waals surface area contributed by atoms with Crippen molar-refractivity contribution in [3.8, 4) is 0 Å². The van der Waals surface area contributed by atoms with Crippen LogP contribution in [0.3, 0.4) is 0 Å². The molecule has 1 aromatic rings. The van der Waals surface area contributed by atoms with Gasteiger partial charge in [0.05, 0.1) is 23.3 Å².